The topological polar surface area (TPSA) is 111 Å². The van der Waals surface area contributed by atoms with Crippen molar-refractivity contribution in [1.82, 2.24) is 0 Å². The molecule has 50 heavy (non-hydrogen) atoms. The summed E-state index contributed by atoms with van der Waals surface area (Å²) in [4.78, 5) is 13.4. The van der Waals surface area contributed by atoms with Gasteiger partial charge in [0.1, 0.15) is 0 Å². The van der Waals surface area contributed by atoms with Crippen molar-refractivity contribution < 1.29 is 45.7 Å². The van der Waals surface area contributed by atoms with Gasteiger partial charge in [-0.25, -0.2) is 4.57 Å². The van der Waals surface area contributed by atoms with Gasteiger partial charge in [0, 0.05) is 17.9 Å². The van der Waals surface area contributed by atoms with Gasteiger partial charge in [-0.05, 0) is 81.6 Å². The standard InChI is InChI=1S/C36H75O10PSi3/c1-14-40-47(38,41-15-2)43-33(37)26-31-36(46-50(22-9,23-10)24-11)35(45-49(19-6,20-7)21-8)30(27-39-31)25-32-34(42-32)28(12)29(13)44-48(16-3,17-4)18-5/h28-32,34-36H,14-27H2,1-13H3/t28-,29-,30-,31-,32-,34-,35+,36-/m0/s1. The minimum Gasteiger partial charge on any atom is -0.414 e. The lowest BCUT2D eigenvalue weighted by Gasteiger charge is -2.49. The van der Waals surface area contributed by atoms with Crippen molar-refractivity contribution in [2.45, 2.75) is 194 Å². The first-order chi connectivity index (χ1) is 23.7. The third-order valence-corrected chi connectivity index (χ3v) is 27.8. The van der Waals surface area contributed by atoms with Gasteiger partial charge in [0.05, 0.1) is 56.8 Å². The molecule has 0 unspecified atom stereocenters. The molecule has 0 spiro atoms. The molecule has 0 aliphatic carbocycles. The fourth-order valence-corrected chi connectivity index (χ4v) is 17.7. The minimum absolute atomic E-state index is 0.0350. The Morgan fingerprint density at radius 3 is 1.60 bits per heavy atom. The van der Waals surface area contributed by atoms with Crippen molar-refractivity contribution in [1.29, 1.82) is 0 Å². The van der Waals surface area contributed by atoms with Crippen molar-refractivity contribution in [2.75, 3.05) is 19.8 Å². The predicted octanol–water partition coefficient (Wildman–Crippen LogP) is 10.1. The first kappa shape index (κ1) is 46.2. The van der Waals surface area contributed by atoms with Gasteiger partial charge >= 0.3 is 13.8 Å². The molecular formula is C36H75O10PSi3. The van der Waals surface area contributed by atoms with Gasteiger partial charge in [0.15, 0.2) is 25.0 Å². The summed E-state index contributed by atoms with van der Waals surface area (Å²) in [6.07, 6.45) is -0.328. The maximum atomic E-state index is 13.4. The maximum absolute atomic E-state index is 13.4. The average molecular weight is 783 g/mol. The van der Waals surface area contributed by atoms with E-state index in [1.165, 1.54) is 0 Å². The number of phosphoric acid groups is 1. The number of ether oxygens (including phenoxy) is 2. The van der Waals surface area contributed by atoms with Crippen LogP contribution in [0.15, 0.2) is 0 Å². The number of epoxide rings is 1. The predicted molar refractivity (Wildman–Crippen MR) is 209 cm³/mol. The normalized spacial score (nSPS) is 26.1. The van der Waals surface area contributed by atoms with E-state index in [9.17, 15) is 9.36 Å². The minimum atomic E-state index is -4.04. The van der Waals surface area contributed by atoms with Gasteiger partial charge in [-0.2, -0.15) is 0 Å². The highest BCUT2D eigenvalue weighted by atomic mass is 31.2. The lowest BCUT2D eigenvalue weighted by atomic mass is 9.86. The second-order valence-corrected chi connectivity index (χ2v) is 30.3. The van der Waals surface area contributed by atoms with Gasteiger partial charge in [-0.1, -0.05) is 69.2 Å². The van der Waals surface area contributed by atoms with Crippen molar-refractivity contribution >= 4 is 38.7 Å². The van der Waals surface area contributed by atoms with Crippen LogP contribution in [0.5, 0.6) is 0 Å². The van der Waals surface area contributed by atoms with E-state index in [0.717, 1.165) is 60.8 Å². The van der Waals surface area contributed by atoms with Crippen LogP contribution in [0.3, 0.4) is 0 Å². The Morgan fingerprint density at radius 1 is 0.700 bits per heavy atom. The molecule has 2 aliphatic heterocycles. The molecule has 0 aromatic heterocycles. The molecule has 8 atom stereocenters. The summed E-state index contributed by atoms with van der Waals surface area (Å²) in [5, 5.41) is 0. The molecule has 0 N–H and O–H groups in total. The largest absolute Gasteiger partial charge is 0.532 e. The number of carbonyl (C=O) groups excluding carboxylic acids is 1. The van der Waals surface area contributed by atoms with Crippen LogP contribution in [0.1, 0.15) is 103 Å². The highest BCUT2D eigenvalue weighted by Gasteiger charge is 2.53. The molecule has 0 saturated carbocycles. The smallest absolute Gasteiger partial charge is 0.414 e. The molecule has 0 radical (unpaired) electrons. The number of hydrogen-bond donors (Lipinski definition) is 0. The van der Waals surface area contributed by atoms with Gasteiger partial charge < -0.3 is 27.3 Å². The Labute approximate surface area is 309 Å². The molecule has 2 aliphatic rings. The molecule has 2 rings (SSSR count). The van der Waals surface area contributed by atoms with Crippen molar-refractivity contribution in [3.8, 4) is 0 Å². The lowest BCUT2D eigenvalue weighted by Crippen LogP contribution is -2.60. The summed E-state index contributed by atoms with van der Waals surface area (Å²) in [5.74, 6) is -0.378. The maximum Gasteiger partial charge on any atom is 0.532 e. The van der Waals surface area contributed by atoms with Crippen LogP contribution >= 0.6 is 7.82 Å². The fraction of sp³-hybridized carbons (Fsp3) is 0.972. The van der Waals surface area contributed by atoms with Crippen LogP contribution in [0, 0.1) is 11.8 Å². The van der Waals surface area contributed by atoms with Gasteiger partial charge in [0.2, 0.25) is 0 Å². The molecule has 296 valence electrons. The Hall–Kier alpha value is 0.0706. The average Bonchev–Trinajstić information content (AvgIpc) is 3.89. The Kier molecular flexibility index (Phi) is 19.6. The van der Waals surface area contributed by atoms with E-state index in [-0.39, 0.29) is 55.9 Å². The number of phosphoric ester groups is 1. The van der Waals surface area contributed by atoms with E-state index in [4.69, 9.17) is 36.3 Å². The first-order valence-electron chi connectivity index (χ1n) is 20.1. The highest BCUT2D eigenvalue weighted by molar-refractivity contribution is 7.49. The van der Waals surface area contributed by atoms with Gasteiger partial charge in [-0.3, -0.25) is 13.8 Å². The molecule has 0 bridgehead atoms. The molecule has 0 amide bonds. The second-order valence-electron chi connectivity index (χ2n) is 14.5. The zero-order valence-electron chi connectivity index (χ0n) is 34.0. The third-order valence-electron chi connectivity index (χ3n) is 12.3. The molecule has 2 heterocycles. The van der Waals surface area contributed by atoms with Gasteiger partial charge in [0.25, 0.3) is 0 Å². The summed E-state index contributed by atoms with van der Waals surface area (Å²) in [5.41, 5.74) is 0. The van der Waals surface area contributed by atoms with E-state index in [0.29, 0.717) is 6.61 Å². The molecule has 10 nitrogen and oxygen atoms in total. The molecule has 2 fully saturated rings. The number of carbonyl (C=O) groups is 1. The van der Waals surface area contributed by atoms with Crippen LogP contribution in [-0.2, 0) is 45.7 Å². The van der Waals surface area contributed by atoms with Gasteiger partial charge in [-0.15, -0.1) is 0 Å². The monoisotopic (exact) mass is 782 g/mol. The Morgan fingerprint density at radius 2 is 1.16 bits per heavy atom. The zero-order chi connectivity index (χ0) is 37.8. The second kappa shape index (κ2) is 21.2. The highest BCUT2D eigenvalue weighted by Crippen LogP contribution is 2.50. The van der Waals surface area contributed by atoms with Crippen LogP contribution in [-0.4, -0.2) is 87.4 Å². The summed E-state index contributed by atoms with van der Waals surface area (Å²) >= 11 is 0. The third kappa shape index (κ3) is 12.0. The van der Waals surface area contributed by atoms with Crippen molar-refractivity contribution in [3.63, 3.8) is 0 Å². The molecule has 0 aromatic carbocycles. The first-order valence-corrected chi connectivity index (χ1v) is 29.2. The SMILES string of the molecule is CCOP(=O)(OCC)OC(=O)C[C@@H]1OC[C@H](C[C@@H]2O[C@H]2[C@@H](C)[C@H](C)O[Si](CC)(CC)CC)[C@@H](O[Si](CC)(CC)CC)[C@H]1O[Si](CC)(CC)CC. The number of hydrogen-bond acceptors (Lipinski definition) is 10. The molecule has 0 aromatic rings. The van der Waals surface area contributed by atoms with Crippen LogP contribution in [0.25, 0.3) is 0 Å². The van der Waals surface area contributed by atoms with E-state index in [1.54, 1.807) is 13.8 Å². The van der Waals surface area contributed by atoms with Crippen molar-refractivity contribution in [3.05, 3.63) is 0 Å². The molecule has 2 saturated heterocycles. The fourth-order valence-electron chi connectivity index (χ4n) is 7.79. The van der Waals surface area contributed by atoms with Crippen LogP contribution < -0.4 is 0 Å². The lowest BCUT2D eigenvalue weighted by molar-refractivity contribution is -0.167. The van der Waals surface area contributed by atoms with E-state index in [2.05, 4.69) is 76.2 Å². The van der Waals surface area contributed by atoms with E-state index >= 15 is 0 Å². The summed E-state index contributed by atoms with van der Waals surface area (Å²) in [6, 6.07) is 9.25. The van der Waals surface area contributed by atoms with E-state index in [1.807, 2.05) is 0 Å². The number of rotatable bonds is 26. The van der Waals surface area contributed by atoms with E-state index < -0.39 is 51.0 Å². The van der Waals surface area contributed by atoms with Crippen molar-refractivity contribution in [2.24, 2.45) is 11.8 Å². The Bertz CT molecular complexity index is 1010. The molecule has 14 heteroatoms. The quantitative estimate of drug-likeness (QED) is 0.0478. The van der Waals surface area contributed by atoms with Crippen LogP contribution in [0.2, 0.25) is 54.4 Å². The summed E-state index contributed by atoms with van der Waals surface area (Å²) in [6.45, 7) is 28.7. The Balaban J connectivity index is 2.45. The molecular weight excluding hydrogens is 708 g/mol. The summed E-state index contributed by atoms with van der Waals surface area (Å²) in [7, 11) is -10.1. The summed E-state index contributed by atoms with van der Waals surface area (Å²) < 4.78 is 63.7. The zero-order valence-corrected chi connectivity index (χ0v) is 37.9. The van der Waals surface area contributed by atoms with Crippen LogP contribution in [0.4, 0.5) is 0 Å².